The van der Waals surface area contributed by atoms with E-state index in [1.807, 2.05) is 30.3 Å². The van der Waals surface area contributed by atoms with E-state index >= 15 is 0 Å². The molecular formula is C13H12N2O2. The molecule has 4 heteroatoms. The fraction of sp³-hybridized carbons (Fsp3) is 0.0769. The lowest BCUT2D eigenvalue weighted by atomic mass is 9.99. The van der Waals surface area contributed by atoms with Crippen LogP contribution in [0, 0.1) is 0 Å². The first kappa shape index (κ1) is 11.1. The second-order valence-corrected chi connectivity index (χ2v) is 3.53. The maximum atomic E-state index is 11.5. The number of hydrogen-bond acceptors (Lipinski definition) is 3. The van der Waals surface area contributed by atoms with Gasteiger partial charge in [0.1, 0.15) is 7.11 Å². The number of amides is 1. The highest BCUT2D eigenvalue weighted by Gasteiger charge is 2.11. The molecule has 0 spiro atoms. The monoisotopic (exact) mass is 228 g/mol. The summed E-state index contributed by atoms with van der Waals surface area (Å²) in [4.78, 5) is 16.1. The van der Waals surface area contributed by atoms with Crippen LogP contribution in [-0.2, 0) is 4.84 Å². The molecule has 2 N–H and O–H groups in total. The lowest BCUT2D eigenvalue weighted by molar-refractivity contribution is 0.100. The minimum absolute atomic E-state index is 0.462. The van der Waals surface area contributed by atoms with Crippen LogP contribution in [0.4, 0.5) is 0 Å². The lowest BCUT2D eigenvalue weighted by Gasteiger charge is -2.06. The molecule has 4 nitrogen and oxygen atoms in total. The first-order valence-corrected chi connectivity index (χ1v) is 5.12. The number of hydrogen-bond donors (Lipinski definition) is 1. The Hall–Kier alpha value is -2.36. The zero-order valence-electron chi connectivity index (χ0n) is 9.38. The molecule has 17 heavy (non-hydrogen) atoms. The van der Waals surface area contributed by atoms with E-state index in [1.165, 1.54) is 13.3 Å². The van der Waals surface area contributed by atoms with Crippen LogP contribution in [0.25, 0.3) is 10.8 Å². The van der Waals surface area contributed by atoms with Gasteiger partial charge in [-0.1, -0.05) is 41.6 Å². The SMILES string of the molecule is CON=Cc1ccc2ccccc2c1C(N)=O. The van der Waals surface area contributed by atoms with Gasteiger partial charge in [0.15, 0.2) is 0 Å². The van der Waals surface area contributed by atoms with E-state index in [-0.39, 0.29) is 0 Å². The third-order valence-corrected chi connectivity index (χ3v) is 2.50. The average Bonchev–Trinajstić information content (AvgIpc) is 2.35. The van der Waals surface area contributed by atoms with Crippen molar-refractivity contribution in [1.29, 1.82) is 0 Å². The lowest BCUT2D eigenvalue weighted by Crippen LogP contribution is -2.14. The maximum Gasteiger partial charge on any atom is 0.249 e. The molecule has 0 heterocycles. The molecule has 0 aliphatic carbocycles. The Labute approximate surface area is 98.7 Å². The quantitative estimate of drug-likeness (QED) is 0.644. The van der Waals surface area contributed by atoms with Gasteiger partial charge in [-0.15, -0.1) is 0 Å². The second kappa shape index (κ2) is 4.65. The van der Waals surface area contributed by atoms with E-state index in [4.69, 9.17) is 5.73 Å². The topological polar surface area (TPSA) is 64.7 Å². The smallest absolute Gasteiger partial charge is 0.249 e. The van der Waals surface area contributed by atoms with E-state index in [0.717, 1.165) is 10.8 Å². The number of nitrogens with two attached hydrogens (primary N) is 1. The van der Waals surface area contributed by atoms with Gasteiger partial charge in [0.05, 0.1) is 11.8 Å². The summed E-state index contributed by atoms with van der Waals surface area (Å²) >= 11 is 0. The van der Waals surface area contributed by atoms with Gasteiger partial charge in [-0.3, -0.25) is 4.79 Å². The van der Waals surface area contributed by atoms with Gasteiger partial charge < -0.3 is 10.6 Å². The molecule has 0 unspecified atom stereocenters. The van der Waals surface area contributed by atoms with E-state index in [1.54, 1.807) is 6.07 Å². The van der Waals surface area contributed by atoms with Gasteiger partial charge in [-0.05, 0) is 10.8 Å². The predicted molar refractivity (Wildman–Crippen MR) is 67.1 cm³/mol. The number of carbonyl (C=O) groups excluding carboxylic acids is 1. The van der Waals surface area contributed by atoms with Gasteiger partial charge in [0.25, 0.3) is 0 Å². The first-order chi connectivity index (χ1) is 8.24. The predicted octanol–water partition coefficient (Wildman–Crippen LogP) is 1.92. The molecule has 0 aliphatic heterocycles. The molecule has 0 aromatic heterocycles. The van der Waals surface area contributed by atoms with Crippen molar-refractivity contribution in [3.8, 4) is 0 Å². The molecule has 0 atom stereocenters. The van der Waals surface area contributed by atoms with E-state index in [2.05, 4.69) is 9.99 Å². The highest BCUT2D eigenvalue weighted by Crippen LogP contribution is 2.21. The summed E-state index contributed by atoms with van der Waals surface area (Å²) in [6, 6.07) is 11.3. The summed E-state index contributed by atoms with van der Waals surface area (Å²) in [5, 5.41) is 5.45. The molecule has 86 valence electrons. The Morgan fingerprint density at radius 2 is 2.06 bits per heavy atom. The highest BCUT2D eigenvalue weighted by molar-refractivity contribution is 6.12. The first-order valence-electron chi connectivity index (χ1n) is 5.12. The summed E-state index contributed by atoms with van der Waals surface area (Å²) in [7, 11) is 1.45. The van der Waals surface area contributed by atoms with Crippen LogP contribution in [-0.4, -0.2) is 19.2 Å². The molecule has 0 radical (unpaired) electrons. The van der Waals surface area contributed by atoms with Crippen LogP contribution in [0.2, 0.25) is 0 Å². The molecule has 2 aromatic rings. The number of benzene rings is 2. The normalized spacial score (nSPS) is 10.9. The summed E-state index contributed by atoms with van der Waals surface area (Å²) in [5.41, 5.74) is 6.52. The van der Waals surface area contributed by atoms with Crippen LogP contribution in [0.3, 0.4) is 0 Å². The van der Waals surface area contributed by atoms with Crippen LogP contribution in [0.1, 0.15) is 15.9 Å². The van der Waals surface area contributed by atoms with Crippen LogP contribution >= 0.6 is 0 Å². The van der Waals surface area contributed by atoms with E-state index in [0.29, 0.717) is 11.1 Å². The van der Waals surface area contributed by atoms with Gasteiger partial charge in [-0.2, -0.15) is 0 Å². The van der Waals surface area contributed by atoms with Crippen LogP contribution in [0.5, 0.6) is 0 Å². The Bertz CT molecular complexity index is 591. The van der Waals surface area contributed by atoms with Crippen molar-refractivity contribution < 1.29 is 9.63 Å². The molecular weight excluding hydrogens is 216 g/mol. The molecule has 0 aliphatic rings. The zero-order valence-corrected chi connectivity index (χ0v) is 9.38. The van der Waals surface area contributed by atoms with E-state index < -0.39 is 5.91 Å². The molecule has 2 aromatic carbocycles. The van der Waals surface area contributed by atoms with E-state index in [9.17, 15) is 4.79 Å². The molecule has 0 saturated carbocycles. The number of rotatable bonds is 3. The third-order valence-electron chi connectivity index (χ3n) is 2.50. The van der Waals surface area contributed by atoms with Crippen molar-refractivity contribution in [3.63, 3.8) is 0 Å². The van der Waals surface area contributed by atoms with Crippen LogP contribution < -0.4 is 5.73 Å². The highest BCUT2D eigenvalue weighted by atomic mass is 16.6. The minimum Gasteiger partial charge on any atom is -0.399 e. The van der Waals surface area contributed by atoms with Crippen molar-refractivity contribution >= 4 is 22.9 Å². The Balaban J connectivity index is 2.73. The average molecular weight is 228 g/mol. The van der Waals surface area contributed by atoms with Gasteiger partial charge in [0.2, 0.25) is 5.91 Å². The fourth-order valence-corrected chi connectivity index (χ4v) is 1.78. The number of primary amides is 1. The minimum atomic E-state index is -0.473. The van der Waals surface area contributed by atoms with Crippen molar-refractivity contribution in [2.24, 2.45) is 10.9 Å². The van der Waals surface area contributed by atoms with Gasteiger partial charge >= 0.3 is 0 Å². The summed E-state index contributed by atoms with van der Waals surface area (Å²) < 4.78 is 0. The Morgan fingerprint density at radius 1 is 1.29 bits per heavy atom. The Morgan fingerprint density at radius 3 is 2.76 bits per heavy atom. The largest absolute Gasteiger partial charge is 0.399 e. The van der Waals surface area contributed by atoms with Gasteiger partial charge in [-0.25, -0.2) is 0 Å². The number of fused-ring (bicyclic) bond motifs is 1. The van der Waals surface area contributed by atoms with Crippen molar-refractivity contribution in [2.45, 2.75) is 0 Å². The molecule has 0 bridgehead atoms. The molecule has 0 saturated heterocycles. The fourth-order valence-electron chi connectivity index (χ4n) is 1.78. The third kappa shape index (κ3) is 2.10. The van der Waals surface area contributed by atoms with Gasteiger partial charge in [0, 0.05) is 5.56 Å². The van der Waals surface area contributed by atoms with Crippen molar-refractivity contribution in [2.75, 3.05) is 7.11 Å². The second-order valence-electron chi connectivity index (χ2n) is 3.53. The maximum absolute atomic E-state index is 11.5. The van der Waals surface area contributed by atoms with Crippen LogP contribution in [0.15, 0.2) is 41.6 Å². The standard InChI is InChI=1S/C13H12N2O2/c1-17-15-8-10-7-6-9-4-2-3-5-11(9)12(10)13(14)16/h2-8H,1H3,(H2,14,16). The molecule has 1 amide bonds. The Kier molecular flexibility index (Phi) is 3.05. The summed E-state index contributed by atoms with van der Waals surface area (Å²) in [5.74, 6) is -0.473. The summed E-state index contributed by atoms with van der Waals surface area (Å²) in [6.45, 7) is 0. The number of oxime groups is 1. The molecule has 2 rings (SSSR count). The number of nitrogens with zero attached hydrogens (tertiary/aromatic N) is 1. The van der Waals surface area contributed by atoms with Crippen molar-refractivity contribution in [3.05, 3.63) is 47.5 Å². The molecule has 0 fully saturated rings. The number of carbonyl (C=O) groups is 1. The summed E-state index contributed by atoms with van der Waals surface area (Å²) in [6.07, 6.45) is 1.48. The zero-order chi connectivity index (χ0) is 12.3. The van der Waals surface area contributed by atoms with Crippen molar-refractivity contribution in [1.82, 2.24) is 0 Å².